The number of nitrogens with two attached hydrogens (primary N) is 1. The number of nitrogens with zero attached hydrogens (tertiary/aromatic N) is 3. The number of nitrogens with one attached hydrogen (secondary N) is 2. The van der Waals surface area contributed by atoms with Crippen molar-refractivity contribution in [2.75, 3.05) is 76.0 Å². The average molecular weight is 687 g/mol. The fourth-order valence-electron chi connectivity index (χ4n) is 6.28. The second-order valence-electron chi connectivity index (χ2n) is 13.4. The van der Waals surface area contributed by atoms with Crippen LogP contribution in [0, 0.1) is 5.92 Å². The van der Waals surface area contributed by atoms with Crippen molar-refractivity contribution in [3.05, 3.63) is 83.4 Å². The summed E-state index contributed by atoms with van der Waals surface area (Å²) in [6.45, 7) is 9.01. The molecule has 50 heavy (non-hydrogen) atoms. The Kier molecular flexibility index (Phi) is 12.8. The van der Waals surface area contributed by atoms with Gasteiger partial charge >= 0.3 is 0 Å². The Labute approximate surface area is 294 Å². The first kappa shape index (κ1) is 36.8. The van der Waals surface area contributed by atoms with Crippen LogP contribution in [0.15, 0.2) is 66.7 Å². The van der Waals surface area contributed by atoms with Gasteiger partial charge in [0.1, 0.15) is 11.9 Å². The van der Waals surface area contributed by atoms with Gasteiger partial charge in [0.05, 0.1) is 43.7 Å². The lowest BCUT2D eigenvalue weighted by Crippen LogP contribution is -2.47. The lowest BCUT2D eigenvalue weighted by Gasteiger charge is -2.34. The number of likely N-dealkylation sites (N-methyl/N-ethyl adjacent to an activating group) is 1. The number of anilines is 3. The zero-order chi connectivity index (χ0) is 35.6. The Morgan fingerprint density at radius 3 is 2.52 bits per heavy atom. The van der Waals surface area contributed by atoms with Crippen LogP contribution in [-0.2, 0) is 27.3 Å². The number of para-hydroxylation sites is 2. The molecule has 5 N–H and O–H groups in total. The summed E-state index contributed by atoms with van der Waals surface area (Å²) in [5, 5.41) is 15.9. The number of rotatable bonds is 12. The predicted molar refractivity (Wildman–Crippen MR) is 194 cm³/mol. The van der Waals surface area contributed by atoms with Gasteiger partial charge in [-0.25, -0.2) is 0 Å². The lowest BCUT2D eigenvalue weighted by molar-refractivity contribution is -0.134. The summed E-state index contributed by atoms with van der Waals surface area (Å²) < 4.78 is 12.1. The number of carbonyl (C=O) groups is 3. The van der Waals surface area contributed by atoms with Crippen LogP contribution in [0.3, 0.4) is 0 Å². The first-order valence-corrected chi connectivity index (χ1v) is 17.3. The molecule has 1 saturated heterocycles. The molecule has 2 aliphatic rings. The van der Waals surface area contributed by atoms with Gasteiger partial charge in [0.2, 0.25) is 11.8 Å². The summed E-state index contributed by atoms with van der Waals surface area (Å²) in [7, 11) is 2.01. The van der Waals surface area contributed by atoms with E-state index in [9.17, 15) is 19.5 Å². The van der Waals surface area contributed by atoms with Crippen LogP contribution in [0.4, 0.5) is 17.1 Å². The average Bonchev–Trinajstić information content (AvgIpc) is 3.15. The molecule has 0 unspecified atom stereocenters. The molecule has 2 aliphatic heterocycles. The molecule has 268 valence electrons. The van der Waals surface area contributed by atoms with Crippen molar-refractivity contribution >= 4 is 34.8 Å². The highest BCUT2D eigenvalue weighted by Crippen LogP contribution is 2.29. The van der Waals surface area contributed by atoms with Gasteiger partial charge in [-0.2, -0.15) is 0 Å². The maximum atomic E-state index is 13.6. The summed E-state index contributed by atoms with van der Waals surface area (Å²) in [6, 6.07) is 19.7. The SMILES string of the molecule is C[C@@H]1CN([C@@H](C)CO)C(=O)Cc2cc(NC(=O)CCN3CCOCC3)ccc2O[C@H]1CN(C)Cc1ccc(C(=O)Nc2ccccc2N)cc1. The molecule has 3 amide bonds. The fourth-order valence-corrected chi connectivity index (χ4v) is 6.28. The van der Waals surface area contributed by atoms with Gasteiger partial charge in [-0.1, -0.05) is 31.2 Å². The Balaban J connectivity index is 1.26. The highest BCUT2D eigenvalue weighted by molar-refractivity contribution is 6.05. The molecule has 5 rings (SSSR count). The number of benzene rings is 3. The first-order valence-electron chi connectivity index (χ1n) is 17.3. The number of nitrogen functional groups attached to an aromatic ring is 1. The Morgan fingerprint density at radius 2 is 1.80 bits per heavy atom. The van der Waals surface area contributed by atoms with Crippen molar-refractivity contribution in [3.63, 3.8) is 0 Å². The van der Waals surface area contributed by atoms with Crippen LogP contribution < -0.4 is 21.1 Å². The third-order valence-electron chi connectivity index (χ3n) is 9.33. The normalized spacial score (nSPS) is 19.1. The smallest absolute Gasteiger partial charge is 0.255 e. The van der Waals surface area contributed by atoms with Crippen molar-refractivity contribution in [1.29, 1.82) is 0 Å². The van der Waals surface area contributed by atoms with Crippen LogP contribution in [0.25, 0.3) is 0 Å². The molecule has 12 heteroatoms. The predicted octanol–water partition coefficient (Wildman–Crippen LogP) is 3.46. The van der Waals surface area contributed by atoms with E-state index < -0.39 is 0 Å². The van der Waals surface area contributed by atoms with E-state index in [0.29, 0.717) is 79.8 Å². The number of hydrogen-bond acceptors (Lipinski definition) is 9. The Bertz CT molecular complexity index is 1610. The van der Waals surface area contributed by atoms with Crippen molar-refractivity contribution in [2.45, 2.75) is 45.4 Å². The van der Waals surface area contributed by atoms with Crippen molar-refractivity contribution in [2.24, 2.45) is 5.92 Å². The molecule has 0 radical (unpaired) electrons. The number of carbonyl (C=O) groups excluding carboxylic acids is 3. The number of fused-ring (bicyclic) bond motifs is 1. The molecule has 2 heterocycles. The quantitative estimate of drug-likeness (QED) is 0.210. The highest BCUT2D eigenvalue weighted by Gasteiger charge is 2.31. The van der Waals surface area contributed by atoms with Crippen LogP contribution in [0.1, 0.15) is 41.8 Å². The molecule has 0 bridgehead atoms. The van der Waals surface area contributed by atoms with E-state index in [1.807, 2.05) is 56.4 Å². The van der Waals surface area contributed by atoms with E-state index in [-0.39, 0.29) is 48.8 Å². The molecule has 0 spiro atoms. The van der Waals surface area contributed by atoms with Crippen molar-refractivity contribution in [3.8, 4) is 5.75 Å². The lowest BCUT2D eigenvalue weighted by atomic mass is 10.0. The number of aliphatic hydroxyl groups excluding tert-OH is 1. The third-order valence-corrected chi connectivity index (χ3v) is 9.33. The van der Waals surface area contributed by atoms with Gasteiger partial charge in [-0.05, 0) is 62.0 Å². The van der Waals surface area contributed by atoms with Crippen molar-refractivity contribution < 1.29 is 29.0 Å². The summed E-state index contributed by atoms with van der Waals surface area (Å²) in [5.74, 6) is 0.110. The fraction of sp³-hybridized carbons (Fsp3) is 0.447. The van der Waals surface area contributed by atoms with E-state index in [1.165, 1.54) is 0 Å². The molecule has 3 aromatic carbocycles. The van der Waals surface area contributed by atoms with E-state index in [2.05, 4.69) is 27.4 Å². The maximum Gasteiger partial charge on any atom is 0.255 e. The Morgan fingerprint density at radius 1 is 1.06 bits per heavy atom. The molecule has 0 aromatic heterocycles. The van der Waals surface area contributed by atoms with Crippen LogP contribution in [-0.4, -0.2) is 109 Å². The number of ether oxygens (including phenoxy) is 2. The van der Waals surface area contributed by atoms with Gasteiger partial charge in [0.15, 0.2) is 0 Å². The minimum absolute atomic E-state index is 0.0580. The topological polar surface area (TPSA) is 150 Å². The summed E-state index contributed by atoms with van der Waals surface area (Å²) >= 11 is 0. The standard InChI is InChI=1S/C38H50N6O6/c1-26-22-44(27(2)25-45)37(47)21-30-20-31(40-36(46)14-15-43-16-18-49-19-17-43)12-13-34(30)50-35(26)24-42(3)23-28-8-10-29(11-9-28)38(48)41-33-7-5-4-6-32(33)39/h4-13,20,26-27,35,45H,14-19,21-25,39H2,1-3H3,(H,40,46)(H,41,48)/t26-,27+,35+/m1/s1. The van der Waals surface area contributed by atoms with Gasteiger partial charge in [0.25, 0.3) is 5.91 Å². The second kappa shape index (κ2) is 17.4. The van der Waals surface area contributed by atoms with Gasteiger partial charge in [-0.15, -0.1) is 0 Å². The third kappa shape index (κ3) is 10.0. The van der Waals surface area contributed by atoms with E-state index in [4.69, 9.17) is 15.2 Å². The number of amides is 3. The number of hydrogen-bond donors (Lipinski definition) is 4. The zero-order valence-electron chi connectivity index (χ0n) is 29.3. The minimum Gasteiger partial charge on any atom is -0.488 e. The van der Waals surface area contributed by atoms with Gasteiger partial charge in [0, 0.05) is 68.4 Å². The number of morpholine rings is 1. The van der Waals surface area contributed by atoms with Crippen LogP contribution >= 0.6 is 0 Å². The van der Waals surface area contributed by atoms with Crippen LogP contribution in [0.2, 0.25) is 0 Å². The summed E-state index contributed by atoms with van der Waals surface area (Å²) in [6.07, 6.45) is 0.163. The van der Waals surface area contributed by atoms with Crippen LogP contribution in [0.5, 0.6) is 5.75 Å². The first-order chi connectivity index (χ1) is 24.1. The van der Waals surface area contributed by atoms with Gasteiger partial charge < -0.3 is 35.8 Å². The summed E-state index contributed by atoms with van der Waals surface area (Å²) in [5.41, 5.74) is 9.90. The molecule has 0 aliphatic carbocycles. The number of aliphatic hydroxyl groups is 1. The van der Waals surface area contributed by atoms with E-state index in [0.717, 1.165) is 18.7 Å². The molecule has 12 nitrogen and oxygen atoms in total. The highest BCUT2D eigenvalue weighted by atomic mass is 16.5. The van der Waals surface area contributed by atoms with E-state index in [1.54, 1.807) is 29.2 Å². The summed E-state index contributed by atoms with van der Waals surface area (Å²) in [4.78, 5) is 45.3. The molecule has 0 saturated carbocycles. The second-order valence-corrected chi connectivity index (χ2v) is 13.4. The molecule has 1 fully saturated rings. The van der Waals surface area contributed by atoms with E-state index >= 15 is 0 Å². The maximum absolute atomic E-state index is 13.6. The van der Waals surface area contributed by atoms with Crippen molar-refractivity contribution in [1.82, 2.24) is 14.7 Å². The molecule has 3 aromatic rings. The largest absolute Gasteiger partial charge is 0.488 e. The molecular weight excluding hydrogens is 636 g/mol. The van der Waals surface area contributed by atoms with Gasteiger partial charge in [-0.3, -0.25) is 24.2 Å². The molecular formula is C38H50N6O6. The Hall–Kier alpha value is -4.49. The minimum atomic E-state index is -0.359. The zero-order valence-corrected chi connectivity index (χ0v) is 29.3. The molecule has 3 atom stereocenters. The monoisotopic (exact) mass is 686 g/mol.